The minimum Gasteiger partial charge on any atom is -0.448 e. The predicted octanol–water partition coefficient (Wildman–Crippen LogP) is 2.93. The van der Waals surface area contributed by atoms with Gasteiger partial charge in [0.2, 0.25) is 5.95 Å². The number of hydrogen-bond acceptors (Lipinski definition) is 8. The Morgan fingerprint density at radius 3 is 2.86 bits per heavy atom. The molecule has 0 radical (unpaired) electrons. The number of carbonyl (C=O) groups is 1. The quantitative estimate of drug-likeness (QED) is 0.639. The minimum absolute atomic E-state index is 0.0247. The number of aromatic nitrogens is 2. The Morgan fingerprint density at radius 1 is 1.43 bits per heavy atom. The third-order valence-electron chi connectivity index (χ3n) is 3.67. The van der Waals surface area contributed by atoms with E-state index in [0.29, 0.717) is 22.3 Å². The van der Waals surface area contributed by atoms with Crippen LogP contribution in [-0.2, 0) is 14.5 Å². The van der Waals surface area contributed by atoms with Crippen molar-refractivity contribution in [3.8, 4) is 0 Å². The number of benzene rings is 1. The van der Waals surface area contributed by atoms with E-state index in [9.17, 15) is 14.1 Å². The number of ether oxygens (including phenoxy) is 1. The highest BCUT2D eigenvalue weighted by Gasteiger charge is 2.12. The molecule has 2 atom stereocenters. The number of carbonyl (C=O) groups excluding carboxylic acids is 1. The molecule has 9 nitrogen and oxygen atoms in total. The van der Waals surface area contributed by atoms with Crippen molar-refractivity contribution in [2.24, 2.45) is 4.36 Å². The number of aliphatic hydroxyl groups is 1. The van der Waals surface area contributed by atoms with Crippen LogP contribution in [0.5, 0.6) is 0 Å². The average Bonchev–Trinajstić information content (AvgIpc) is 2.64. The van der Waals surface area contributed by atoms with E-state index in [1.165, 1.54) is 6.26 Å². The maximum absolute atomic E-state index is 12.8. The van der Waals surface area contributed by atoms with Gasteiger partial charge in [-0.1, -0.05) is 6.07 Å². The van der Waals surface area contributed by atoms with Crippen LogP contribution in [0.1, 0.15) is 19.4 Å². The fraction of sp³-hybridized carbons (Fsp3) is 0.389. The zero-order valence-corrected chi connectivity index (χ0v) is 17.1. The molecule has 0 aliphatic carbocycles. The zero-order valence-electron chi connectivity index (χ0n) is 16.3. The molecule has 1 aromatic heterocycles. The molecule has 1 unspecified atom stereocenters. The van der Waals surface area contributed by atoms with Crippen molar-refractivity contribution in [3.05, 3.63) is 36.0 Å². The van der Waals surface area contributed by atoms with Gasteiger partial charge < -0.3 is 20.5 Å². The second-order valence-electron chi connectivity index (χ2n) is 6.20. The first-order valence-corrected chi connectivity index (χ1v) is 10.6. The minimum atomic E-state index is -2.95. The fourth-order valence-corrected chi connectivity index (χ4v) is 3.33. The van der Waals surface area contributed by atoms with Crippen molar-refractivity contribution in [3.63, 3.8) is 0 Å². The van der Waals surface area contributed by atoms with Gasteiger partial charge in [0.1, 0.15) is 5.82 Å². The van der Waals surface area contributed by atoms with Gasteiger partial charge in [-0.2, -0.15) is 4.98 Å². The summed E-state index contributed by atoms with van der Waals surface area (Å²) in [7, 11) is -2.95. The highest BCUT2D eigenvalue weighted by molar-refractivity contribution is 7.93. The SMILES string of the molecule is CCOC(=O)N=S(C)(=O)c1cccc(Nc2ncc(C)c(N[C@H](C)CO)n2)c1. The normalized spacial score (nSPS) is 13.9. The van der Waals surface area contributed by atoms with Crippen molar-refractivity contribution >= 4 is 33.3 Å². The Kier molecular flexibility index (Phi) is 7.30. The lowest BCUT2D eigenvalue weighted by Gasteiger charge is -2.15. The van der Waals surface area contributed by atoms with E-state index in [1.807, 2.05) is 13.8 Å². The van der Waals surface area contributed by atoms with Gasteiger partial charge in [-0.15, -0.1) is 4.36 Å². The molecule has 0 aliphatic rings. The number of nitrogens with one attached hydrogen (secondary N) is 2. The van der Waals surface area contributed by atoms with Crippen LogP contribution in [0.15, 0.2) is 39.7 Å². The van der Waals surface area contributed by atoms with E-state index in [1.54, 1.807) is 37.4 Å². The summed E-state index contributed by atoms with van der Waals surface area (Å²) < 4.78 is 21.2. The van der Waals surface area contributed by atoms with Gasteiger partial charge in [-0.25, -0.2) is 14.0 Å². The van der Waals surface area contributed by atoms with Crippen LogP contribution < -0.4 is 10.6 Å². The first kappa shape index (κ1) is 21.6. The summed E-state index contributed by atoms with van der Waals surface area (Å²) in [4.78, 5) is 20.6. The smallest absolute Gasteiger partial charge is 0.442 e. The molecule has 0 fully saturated rings. The summed E-state index contributed by atoms with van der Waals surface area (Å²) in [6, 6.07) is 6.55. The summed E-state index contributed by atoms with van der Waals surface area (Å²) in [6.45, 7) is 5.49. The van der Waals surface area contributed by atoms with Gasteiger partial charge in [0.15, 0.2) is 0 Å². The molecule has 152 valence electrons. The van der Waals surface area contributed by atoms with E-state index in [4.69, 9.17) is 4.74 Å². The number of nitrogens with zero attached hydrogens (tertiary/aromatic N) is 3. The molecule has 0 saturated heterocycles. The molecular weight excluding hydrogens is 382 g/mol. The van der Waals surface area contributed by atoms with E-state index in [-0.39, 0.29) is 19.3 Å². The van der Waals surface area contributed by atoms with E-state index >= 15 is 0 Å². The van der Waals surface area contributed by atoms with Crippen LogP contribution in [-0.4, -0.2) is 50.9 Å². The standard InChI is InChI=1S/C18H25N5O4S/c1-5-27-18(25)23-28(4,26)15-8-6-7-14(9-15)21-17-19-10-12(2)16(22-17)20-13(3)11-24/h6-10,13,24H,5,11H2,1-4H3,(H2,19,20,21,22)/t13-,28?/m1/s1. The molecule has 2 aromatic rings. The molecule has 2 rings (SSSR count). The van der Waals surface area contributed by atoms with E-state index < -0.39 is 15.8 Å². The molecule has 1 aromatic carbocycles. The van der Waals surface area contributed by atoms with Crippen LogP contribution >= 0.6 is 0 Å². The van der Waals surface area contributed by atoms with Gasteiger partial charge in [0, 0.05) is 34.6 Å². The van der Waals surface area contributed by atoms with Crippen molar-refractivity contribution < 1.29 is 18.8 Å². The van der Waals surface area contributed by atoms with Gasteiger partial charge in [0.05, 0.1) is 22.9 Å². The number of anilines is 3. The summed E-state index contributed by atoms with van der Waals surface area (Å²) in [5.74, 6) is 0.937. The summed E-state index contributed by atoms with van der Waals surface area (Å²) in [5, 5.41) is 15.4. The van der Waals surface area contributed by atoms with Crippen LogP contribution in [0.3, 0.4) is 0 Å². The first-order chi connectivity index (χ1) is 13.2. The van der Waals surface area contributed by atoms with Crippen LogP contribution in [0, 0.1) is 6.92 Å². The Balaban J connectivity index is 2.27. The molecule has 1 heterocycles. The van der Waals surface area contributed by atoms with Gasteiger partial charge in [0.25, 0.3) is 0 Å². The number of aliphatic hydroxyl groups excluding tert-OH is 1. The topological polar surface area (TPSA) is 126 Å². The highest BCUT2D eigenvalue weighted by Crippen LogP contribution is 2.21. The molecule has 0 spiro atoms. The number of aryl methyl sites for hydroxylation is 1. The summed E-state index contributed by atoms with van der Waals surface area (Å²) in [5.41, 5.74) is 1.43. The van der Waals surface area contributed by atoms with Crippen LogP contribution in [0.2, 0.25) is 0 Å². The second kappa shape index (κ2) is 9.47. The lowest BCUT2D eigenvalue weighted by Crippen LogP contribution is -2.21. The molecular formula is C18H25N5O4S. The van der Waals surface area contributed by atoms with Crippen molar-refractivity contribution in [2.45, 2.75) is 31.7 Å². The second-order valence-corrected chi connectivity index (χ2v) is 8.46. The van der Waals surface area contributed by atoms with Crippen molar-refractivity contribution in [1.29, 1.82) is 0 Å². The molecule has 0 bridgehead atoms. The first-order valence-electron chi connectivity index (χ1n) is 8.72. The van der Waals surface area contributed by atoms with Crippen molar-refractivity contribution in [2.75, 3.05) is 30.1 Å². The van der Waals surface area contributed by atoms with Gasteiger partial charge in [-0.05, 0) is 39.0 Å². The van der Waals surface area contributed by atoms with Gasteiger partial charge >= 0.3 is 6.09 Å². The van der Waals surface area contributed by atoms with Crippen LogP contribution in [0.4, 0.5) is 22.2 Å². The average molecular weight is 407 g/mol. The van der Waals surface area contributed by atoms with Crippen LogP contribution in [0.25, 0.3) is 0 Å². The van der Waals surface area contributed by atoms with E-state index in [0.717, 1.165) is 5.56 Å². The van der Waals surface area contributed by atoms with E-state index in [2.05, 4.69) is 25.0 Å². The molecule has 0 aliphatic heterocycles. The maximum Gasteiger partial charge on any atom is 0.442 e. The predicted molar refractivity (Wildman–Crippen MR) is 108 cm³/mol. The Bertz CT molecular complexity index is 957. The monoisotopic (exact) mass is 407 g/mol. The molecule has 0 saturated carbocycles. The third-order valence-corrected chi connectivity index (χ3v) is 5.30. The zero-order chi connectivity index (χ0) is 20.7. The third kappa shape index (κ3) is 5.89. The summed E-state index contributed by atoms with van der Waals surface area (Å²) >= 11 is 0. The lowest BCUT2D eigenvalue weighted by atomic mass is 10.3. The highest BCUT2D eigenvalue weighted by atomic mass is 32.2. The summed E-state index contributed by atoms with van der Waals surface area (Å²) in [6.07, 6.45) is 2.18. The number of rotatable bonds is 7. The number of amides is 1. The Labute approximate surface area is 164 Å². The largest absolute Gasteiger partial charge is 0.448 e. The van der Waals surface area contributed by atoms with Gasteiger partial charge in [-0.3, -0.25) is 0 Å². The molecule has 1 amide bonds. The lowest BCUT2D eigenvalue weighted by molar-refractivity contribution is 0.164. The molecule has 10 heteroatoms. The number of hydrogen-bond donors (Lipinski definition) is 3. The van der Waals surface area contributed by atoms with Crippen molar-refractivity contribution in [1.82, 2.24) is 9.97 Å². The maximum atomic E-state index is 12.8. The molecule has 28 heavy (non-hydrogen) atoms. The fourth-order valence-electron chi connectivity index (χ4n) is 2.21. The Hall–Kier alpha value is -2.72. The molecule has 3 N–H and O–H groups in total. The Morgan fingerprint density at radius 2 is 2.18 bits per heavy atom.